The first-order valence-electron chi connectivity index (χ1n) is 1.60. The summed E-state index contributed by atoms with van der Waals surface area (Å²) in [4.78, 5) is 0. The van der Waals surface area contributed by atoms with Crippen LogP contribution < -0.4 is 0 Å². The number of methoxy groups -OCH3 is 1. The van der Waals surface area contributed by atoms with E-state index in [1.807, 2.05) is 0 Å². The third kappa shape index (κ3) is 3.29. The number of amidine groups is 1. The third-order valence-corrected chi connectivity index (χ3v) is 0.666. The van der Waals surface area contributed by atoms with Gasteiger partial charge in [-0.1, -0.05) is 4.36 Å². The molecule has 8 heavy (non-hydrogen) atoms. The fourth-order valence-electron chi connectivity index (χ4n) is 0.105. The summed E-state index contributed by atoms with van der Waals surface area (Å²) in [5.74, 6) is 0. The maximum absolute atomic E-state index is 9.58. The second-order valence-electron chi connectivity index (χ2n) is 0.818. The van der Waals surface area contributed by atoms with Gasteiger partial charge in [-0.25, -0.2) is 5.41 Å². The van der Waals surface area contributed by atoms with Crippen molar-refractivity contribution >= 4 is 16.5 Å². The van der Waals surface area contributed by atoms with Gasteiger partial charge in [-0.05, 0) is 0 Å². The van der Waals surface area contributed by atoms with Crippen molar-refractivity contribution in [3.8, 4) is 0 Å². The van der Waals surface area contributed by atoms with Gasteiger partial charge in [0.25, 0.3) is 0 Å². The normalized spacial score (nSPS) is 7.62. The lowest BCUT2D eigenvalue weighted by Gasteiger charge is -1.84. The van der Waals surface area contributed by atoms with Gasteiger partial charge in [-0.3, -0.25) is 0 Å². The van der Waals surface area contributed by atoms with Gasteiger partial charge in [-0.2, -0.15) is 8.42 Å². The SMILES string of the molecule is COC(=N)N=S(=O)=O. The lowest BCUT2D eigenvalue weighted by molar-refractivity contribution is 0.393. The van der Waals surface area contributed by atoms with E-state index in [0.717, 1.165) is 0 Å². The smallest absolute Gasteiger partial charge is 0.323 e. The number of hydrogen-bond acceptors (Lipinski definition) is 4. The maximum Gasteiger partial charge on any atom is 0.323 e. The minimum Gasteiger partial charge on any atom is -0.466 e. The summed E-state index contributed by atoms with van der Waals surface area (Å²) in [6.45, 7) is 0. The highest BCUT2D eigenvalue weighted by Crippen LogP contribution is 1.72. The van der Waals surface area contributed by atoms with Crippen LogP contribution in [0, 0.1) is 5.41 Å². The molecule has 0 radical (unpaired) electrons. The first-order chi connectivity index (χ1) is 3.66. The third-order valence-electron chi connectivity index (χ3n) is 0.351. The molecule has 0 fully saturated rings. The molecule has 6 heteroatoms. The standard InChI is InChI=1S/C2H4N2O3S/c1-7-2(3)4-8(5)6/h3H,1H3. The summed E-state index contributed by atoms with van der Waals surface area (Å²) in [5.41, 5.74) is 0. The van der Waals surface area contributed by atoms with Crippen molar-refractivity contribution in [1.82, 2.24) is 0 Å². The van der Waals surface area contributed by atoms with E-state index >= 15 is 0 Å². The van der Waals surface area contributed by atoms with E-state index in [1.54, 1.807) is 0 Å². The molecule has 46 valence electrons. The van der Waals surface area contributed by atoms with Crippen molar-refractivity contribution in [2.75, 3.05) is 7.11 Å². The second-order valence-corrected chi connectivity index (χ2v) is 1.43. The van der Waals surface area contributed by atoms with Crippen LogP contribution in [0.4, 0.5) is 0 Å². The molecule has 0 aromatic heterocycles. The Labute approximate surface area is 47.5 Å². The molecule has 0 bridgehead atoms. The Morgan fingerprint density at radius 1 is 1.75 bits per heavy atom. The van der Waals surface area contributed by atoms with Gasteiger partial charge >= 0.3 is 16.5 Å². The van der Waals surface area contributed by atoms with Gasteiger partial charge in [0.05, 0.1) is 7.11 Å². The Morgan fingerprint density at radius 2 is 2.25 bits per heavy atom. The molecule has 0 saturated carbocycles. The largest absolute Gasteiger partial charge is 0.466 e. The molecule has 0 aliphatic carbocycles. The molecule has 0 saturated heterocycles. The first-order valence-corrected chi connectivity index (χ1v) is 2.63. The molecule has 5 nitrogen and oxygen atoms in total. The molecule has 0 unspecified atom stereocenters. The van der Waals surface area contributed by atoms with Crippen molar-refractivity contribution in [2.45, 2.75) is 0 Å². The Bertz CT molecular complexity index is 195. The summed E-state index contributed by atoms with van der Waals surface area (Å²) in [6, 6.07) is -0.613. The molecule has 0 aromatic carbocycles. The number of nitrogens with zero attached hydrogens (tertiary/aromatic N) is 1. The van der Waals surface area contributed by atoms with Crippen LogP contribution in [0.15, 0.2) is 4.36 Å². The van der Waals surface area contributed by atoms with Crippen molar-refractivity contribution in [3.05, 3.63) is 0 Å². The van der Waals surface area contributed by atoms with Crippen molar-refractivity contribution in [2.24, 2.45) is 4.36 Å². The summed E-state index contributed by atoms with van der Waals surface area (Å²) in [5, 5.41) is 6.49. The van der Waals surface area contributed by atoms with Crippen LogP contribution in [-0.4, -0.2) is 21.5 Å². The Morgan fingerprint density at radius 3 is 2.38 bits per heavy atom. The first kappa shape index (κ1) is 7.09. The van der Waals surface area contributed by atoms with Gasteiger partial charge in [0.15, 0.2) is 0 Å². The van der Waals surface area contributed by atoms with Crippen molar-refractivity contribution < 1.29 is 13.2 Å². The van der Waals surface area contributed by atoms with E-state index in [9.17, 15) is 8.42 Å². The van der Waals surface area contributed by atoms with Crippen LogP contribution >= 0.6 is 0 Å². The Hall–Kier alpha value is -0.910. The summed E-state index contributed by atoms with van der Waals surface area (Å²) >= 11 is 0. The van der Waals surface area contributed by atoms with Gasteiger partial charge in [0, 0.05) is 0 Å². The number of ether oxygens (including phenoxy) is 1. The number of rotatable bonds is 0. The zero-order valence-corrected chi connectivity index (χ0v) is 4.90. The number of hydrogen-bond donors (Lipinski definition) is 1. The van der Waals surface area contributed by atoms with E-state index in [2.05, 4.69) is 9.10 Å². The summed E-state index contributed by atoms with van der Waals surface area (Å²) < 4.78 is 25.9. The average Bonchev–Trinajstić information content (AvgIpc) is 1.65. The molecule has 1 N–H and O–H groups in total. The topological polar surface area (TPSA) is 79.6 Å². The van der Waals surface area contributed by atoms with E-state index < -0.39 is 16.5 Å². The van der Waals surface area contributed by atoms with Gasteiger partial charge < -0.3 is 4.74 Å². The lowest BCUT2D eigenvalue weighted by atomic mass is 11.2. The molecule has 0 heterocycles. The zero-order chi connectivity index (χ0) is 6.57. The summed E-state index contributed by atoms with van der Waals surface area (Å²) in [6.07, 6.45) is 0. The highest BCUT2D eigenvalue weighted by molar-refractivity contribution is 7.62. The van der Waals surface area contributed by atoms with Crippen LogP contribution in [0.1, 0.15) is 0 Å². The zero-order valence-electron chi connectivity index (χ0n) is 4.08. The molecule has 0 aliphatic heterocycles. The molecule has 0 spiro atoms. The molecule has 0 aliphatic rings. The minimum atomic E-state index is -2.57. The Balaban J connectivity index is 4.12. The quantitative estimate of drug-likeness (QED) is 0.364. The maximum atomic E-state index is 9.58. The summed E-state index contributed by atoms with van der Waals surface area (Å²) in [7, 11) is -1.40. The fourth-order valence-corrected chi connectivity index (χ4v) is 0.315. The molecular formula is C2H4N2O3S. The fraction of sp³-hybridized carbons (Fsp3) is 0.500. The Kier molecular flexibility index (Phi) is 2.78. The minimum absolute atomic E-state index is 0.613. The molecule has 0 amide bonds. The van der Waals surface area contributed by atoms with Crippen LogP contribution in [0.25, 0.3) is 0 Å². The average molecular weight is 136 g/mol. The van der Waals surface area contributed by atoms with E-state index in [4.69, 9.17) is 5.41 Å². The molecule has 0 atom stereocenters. The monoisotopic (exact) mass is 136 g/mol. The predicted molar refractivity (Wildman–Crippen MR) is 26.1 cm³/mol. The van der Waals surface area contributed by atoms with Gasteiger partial charge in [0.1, 0.15) is 0 Å². The molecule has 0 aromatic rings. The second kappa shape index (κ2) is 3.14. The van der Waals surface area contributed by atoms with E-state index in [0.29, 0.717) is 0 Å². The van der Waals surface area contributed by atoms with E-state index in [-0.39, 0.29) is 0 Å². The molecular weight excluding hydrogens is 132 g/mol. The van der Waals surface area contributed by atoms with Crippen LogP contribution in [0.2, 0.25) is 0 Å². The van der Waals surface area contributed by atoms with Crippen molar-refractivity contribution in [1.29, 1.82) is 5.41 Å². The van der Waals surface area contributed by atoms with Crippen LogP contribution in [-0.2, 0) is 15.2 Å². The van der Waals surface area contributed by atoms with Crippen LogP contribution in [0.5, 0.6) is 0 Å². The van der Waals surface area contributed by atoms with Gasteiger partial charge in [0.2, 0.25) is 0 Å². The highest BCUT2D eigenvalue weighted by Gasteiger charge is 1.84. The lowest BCUT2D eigenvalue weighted by Crippen LogP contribution is -1.91. The number of nitrogens with one attached hydrogen (secondary N) is 1. The molecule has 0 rings (SSSR count). The predicted octanol–water partition coefficient (Wildman–Crippen LogP) is -0.370. The van der Waals surface area contributed by atoms with Crippen molar-refractivity contribution in [3.63, 3.8) is 0 Å². The highest BCUT2D eigenvalue weighted by atomic mass is 32.2. The van der Waals surface area contributed by atoms with Crippen LogP contribution in [0.3, 0.4) is 0 Å². The van der Waals surface area contributed by atoms with Gasteiger partial charge in [-0.15, -0.1) is 0 Å². The van der Waals surface area contributed by atoms with E-state index in [1.165, 1.54) is 7.11 Å².